The van der Waals surface area contributed by atoms with Crippen LogP contribution in [-0.4, -0.2) is 263 Å². The van der Waals surface area contributed by atoms with E-state index in [9.17, 15) is 0 Å². The minimum absolute atomic E-state index is 0.603. The summed E-state index contributed by atoms with van der Waals surface area (Å²) in [5.74, 6) is 8.26. The standard InChI is InChI=1S/C12H24N2.2C12H25N.C11H24N2.C11H23N.C10H22N2.C10H21N.C9H19N/c1-9(2)13-7-11-5-6-12(8-13)14(11)10(3)4;1-10(2)12(5)6-8-13(9-7-12)11(3)4;1-10(2)12-6-5-8-13(9-7-12)11(3)4;1-10(2)12-6-5-7-13(9-8-12)11(3)4;2*1-9(2)11-5-7-12(8-6-11)10(3)4;1-8(2)10-5-6-11(7-10)9(3)4;1-7(2)9-5-10(6-9)8(3)4/h9-12H,5-8H2,1-4H3;10-11H,6-9H2,1-5H3;10-12H,5-9H2,1-4H3;10-11H,5-9H2,1-4H3;9-11H,5-8H2,1-4H3;9-10H,5-8H2,1-4H3;8-10H,5-7H2,1-4H3;7-9H,5-6H2,1-4H3. The van der Waals surface area contributed by atoms with Gasteiger partial charge >= 0.3 is 0 Å². The second kappa shape index (κ2) is 48.0. The first-order chi connectivity index (χ1) is 45.7. The van der Waals surface area contributed by atoms with Crippen LogP contribution in [0.4, 0.5) is 0 Å². The first-order valence-electron chi connectivity index (χ1n) is 42.9. The van der Waals surface area contributed by atoms with Crippen molar-refractivity contribution in [2.45, 2.75) is 378 Å². The molecule has 0 saturated carbocycles. The molecule has 0 aromatic carbocycles. The van der Waals surface area contributed by atoms with E-state index in [1.165, 1.54) is 202 Å². The Morgan fingerprint density at radius 2 is 0.469 bits per heavy atom. The zero-order chi connectivity index (χ0) is 74.5. The van der Waals surface area contributed by atoms with Crippen LogP contribution < -0.4 is 0 Å². The molecule has 9 fully saturated rings. The van der Waals surface area contributed by atoms with E-state index in [2.05, 4.69) is 282 Å². The number of rotatable bonds is 16. The van der Waals surface area contributed by atoms with Crippen LogP contribution in [-0.2, 0) is 0 Å². The van der Waals surface area contributed by atoms with Gasteiger partial charge in [0.1, 0.15) is 0 Å². The summed E-state index contributed by atoms with van der Waals surface area (Å²) >= 11 is 0. The molecule has 9 aliphatic heterocycles. The topological polar surface area (TPSA) is 35.6 Å². The smallest absolute Gasteiger partial charge is 0.0230 e. The third-order valence-corrected chi connectivity index (χ3v) is 26.1. The van der Waals surface area contributed by atoms with Gasteiger partial charge in [0.25, 0.3) is 0 Å². The SMILES string of the molecule is CC(C)C1CCCN(C(C)C)CC1.CC(C)C1CCN(C(C)C)C1.CC(C)C1CCN(C(C)C)CC1.CC(C)C1CN(C(C)C)C1.CC(C)N1CC2CCC(C1)N2C(C)C.CC(C)N1CCC(C)(C(C)C)CC1.CC(C)N1CCCN(C(C)C)CC1.CC(C)N1CCN(C(C)C)CC1. The number of piperazine rings is 2. The van der Waals surface area contributed by atoms with Gasteiger partial charge in [0.05, 0.1) is 0 Å². The highest BCUT2D eigenvalue weighted by atomic mass is 15.3. The summed E-state index contributed by atoms with van der Waals surface area (Å²) in [5, 5.41) is 0. The van der Waals surface area contributed by atoms with Gasteiger partial charge in [0.2, 0.25) is 0 Å². The fourth-order valence-electron chi connectivity index (χ4n) is 16.8. The Balaban J connectivity index is 0.000000382. The highest BCUT2D eigenvalue weighted by Crippen LogP contribution is 2.39. The number of hydrogen-bond acceptors (Lipinski definition) is 11. The number of hydrogen-bond donors (Lipinski definition) is 0. The molecule has 0 radical (unpaired) electrons. The molecule has 4 unspecified atom stereocenters. The Morgan fingerprint density at radius 3 is 0.765 bits per heavy atom. The third-order valence-electron chi connectivity index (χ3n) is 26.1. The molecule has 4 atom stereocenters. The second-order valence-corrected chi connectivity index (χ2v) is 38.0. The van der Waals surface area contributed by atoms with Gasteiger partial charge < -0.3 is 24.5 Å². The molecule has 0 N–H and O–H groups in total. The van der Waals surface area contributed by atoms with E-state index in [0.717, 1.165) is 120 Å². The fourth-order valence-corrected chi connectivity index (χ4v) is 16.8. The normalized spacial score (nSPS) is 25.6. The minimum atomic E-state index is 0.603. The lowest BCUT2D eigenvalue weighted by molar-refractivity contribution is 0.0292. The Kier molecular flexibility index (Phi) is 45.8. The predicted octanol–water partition coefficient (Wildman–Crippen LogP) is 18.6. The molecule has 98 heavy (non-hydrogen) atoms. The first-order valence-corrected chi connectivity index (χ1v) is 42.9. The summed E-state index contributed by atoms with van der Waals surface area (Å²) in [6.45, 7) is 102. The molecule has 0 spiro atoms. The molecule has 11 heteroatoms. The lowest BCUT2D eigenvalue weighted by Gasteiger charge is -2.44. The van der Waals surface area contributed by atoms with E-state index in [1.807, 2.05) is 0 Å². The monoisotopic (exact) mass is 1380 g/mol. The lowest BCUT2D eigenvalue weighted by atomic mass is 9.72. The number of fused-ring (bicyclic) bond motifs is 2. The Morgan fingerprint density at radius 1 is 0.214 bits per heavy atom. The van der Waals surface area contributed by atoms with Crippen LogP contribution in [0.5, 0.6) is 0 Å². The maximum absolute atomic E-state index is 2.75. The number of nitrogens with zero attached hydrogens (tertiary/aromatic N) is 11. The summed E-state index contributed by atoms with van der Waals surface area (Å²) in [6.07, 6.45) is 15.4. The quantitative estimate of drug-likeness (QED) is 0.148. The van der Waals surface area contributed by atoms with E-state index >= 15 is 0 Å². The van der Waals surface area contributed by atoms with E-state index < -0.39 is 0 Å². The van der Waals surface area contributed by atoms with Crippen molar-refractivity contribution in [2.24, 2.45) is 58.7 Å². The summed E-state index contributed by atoms with van der Waals surface area (Å²) in [7, 11) is 0. The Hall–Kier alpha value is -0.440. The van der Waals surface area contributed by atoms with Gasteiger partial charge in [-0.3, -0.25) is 29.4 Å². The van der Waals surface area contributed by atoms with Crippen molar-refractivity contribution in [3.05, 3.63) is 0 Å². The zero-order valence-corrected chi connectivity index (χ0v) is 73.0. The maximum Gasteiger partial charge on any atom is 0.0230 e. The van der Waals surface area contributed by atoms with E-state index in [-0.39, 0.29) is 0 Å². The van der Waals surface area contributed by atoms with Crippen molar-refractivity contribution in [3.63, 3.8) is 0 Å². The molecule has 0 amide bonds. The van der Waals surface area contributed by atoms with Crippen molar-refractivity contribution in [1.82, 2.24) is 53.9 Å². The Bertz CT molecular complexity index is 1740. The number of likely N-dealkylation sites (tertiary alicyclic amines) is 6. The highest BCUT2D eigenvalue weighted by Gasteiger charge is 2.42. The lowest BCUT2D eigenvalue weighted by Crippen LogP contribution is -2.57. The van der Waals surface area contributed by atoms with Crippen LogP contribution in [0.15, 0.2) is 0 Å². The van der Waals surface area contributed by atoms with Gasteiger partial charge in [-0.2, -0.15) is 0 Å². The van der Waals surface area contributed by atoms with Gasteiger partial charge in [0.15, 0.2) is 0 Å². The summed E-state index contributed by atoms with van der Waals surface area (Å²) in [6, 6.07) is 9.76. The minimum Gasteiger partial charge on any atom is -0.301 e. The van der Waals surface area contributed by atoms with Crippen molar-refractivity contribution in [3.8, 4) is 0 Å². The zero-order valence-electron chi connectivity index (χ0n) is 73.0. The molecule has 9 saturated heterocycles. The summed E-state index contributed by atoms with van der Waals surface area (Å²) in [5.41, 5.74) is 0.603. The van der Waals surface area contributed by atoms with E-state index in [0.29, 0.717) is 17.5 Å². The van der Waals surface area contributed by atoms with Gasteiger partial charge in [-0.15, -0.1) is 0 Å². The molecular weight excluding hydrogens is 1200 g/mol. The third kappa shape index (κ3) is 34.4. The molecule has 0 aromatic heterocycles. The molecule has 9 heterocycles. The average molecular weight is 1380 g/mol. The molecule has 9 aliphatic rings. The van der Waals surface area contributed by atoms with Gasteiger partial charge in [-0.1, -0.05) is 76.2 Å². The van der Waals surface area contributed by atoms with Crippen LogP contribution in [0.25, 0.3) is 0 Å². The van der Waals surface area contributed by atoms with Crippen LogP contribution in [0, 0.1) is 58.7 Å². The van der Waals surface area contributed by atoms with Crippen LogP contribution in [0.1, 0.15) is 299 Å². The van der Waals surface area contributed by atoms with Crippen molar-refractivity contribution in [2.75, 3.05) is 131 Å². The van der Waals surface area contributed by atoms with Crippen molar-refractivity contribution >= 4 is 0 Å². The molecule has 2 bridgehead atoms. The van der Waals surface area contributed by atoms with Gasteiger partial charge in [-0.25, -0.2) is 0 Å². The van der Waals surface area contributed by atoms with E-state index in [4.69, 9.17) is 0 Å². The van der Waals surface area contributed by atoms with Crippen molar-refractivity contribution in [1.29, 1.82) is 0 Å². The summed E-state index contributed by atoms with van der Waals surface area (Å²) in [4.78, 5) is 28.6. The van der Waals surface area contributed by atoms with Crippen LogP contribution in [0.3, 0.4) is 0 Å². The van der Waals surface area contributed by atoms with Gasteiger partial charge in [-0.05, 0) is 341 Å². The first kappa shape index (κ1) is 93.6. The van der Waals surface area contributed by atoms with Gasteiger partial charge in [0, 0.05) is 151 Å². The van der Waals surface area contributed by atoms with Crippen LogP contribution >= 0.6 is 0 Å². The molecule has 586 valence electrons. The second-order valence-electron chi connectivity index (χ2n) is 38.0. The molecule has 9 rings (SSSR count). The largest absolute Gasteiger partial charge is 0.301 e. The van der Waals surface area contributed by atoms with Crippen LogP contribution in [0.2, 0.25) is 0 Å². The average Bonchev–Trinajstić information content (AvgIpc) is 1.62. The molecule has 11 nitrogen and oxygen atoms in total. The predicted molar refractivity (Wildman–Crippen MR) is 439 cm³/mol. The highest BCUT2D eigenvalue weighted by molar-refractivity contribution is 4.98. The van der Waals surface area contributed by atoms with E-state index in [1.54, 1.807) is 0 Å². The molecule has 0 aliphatic carbocycles. The van der Waals surface area contributed by atoms with Crippen molar-refractivity contribution < 1.29 is 0 Å². The molecule has 0 aromatic rings. The molecular formula is C87H183N11. The Labute approximate surface area is 617 Å². The summed E-state index contributed by atoms with van der Waals surface area (Å²) < 4.78 is 0. The maximum atomic E-state index is 2.75. The fraction of sp³-hybridized carbons (Fsp3) is 1.00. The number of piperidine rings is 2.